The Balaban J connectivity index is 1.90. The molecule has 2 rings (SSSR count). The normalized spacial score (nSPS) is 14.8. The molecule has 0 saturated heterocycles. The van der Waals surface area contributed by atoms with Crippen LogP contribution in [0.4, 0.5) is 4.39 Å². The lowest BCUT2D eigenvalue weighted by Gasteiger charge is -2.17. The van der Waals surface area contributed by atoms with Gasteiger partial charge in [-0.2, -0.15) is 0 Å². The summed E-state index contributed by atoms with van der Waals surface area (Å²) >= 11 is 0. The monoisotopic (exact) mass is 285 g/mol. The van der Waals surface area contributed by atoms with Crippen LogP contribution in [-0.2, 0) is 16.6 Å². The molecule has 0 amide bonds. The van der Waals surface area contributed by atoms with Crippen LogP contribution in [0.15, 0.2) is 18.2 Å². The maximum Gasteiger partial charge on any atom is 0.208 e. The minimum absolute atomic E-state index is 0.300. The van der Waals surface area contributed by atoms with Crippen LogP contribution in [0.2, 0.25) is 0 Å². The summed E-state index contributed by atoms with van der Waals surface area (Å²) in [6, 6.07) is 4.45. The molecule has 7 heteroatoms. The van der Waals surface area contributed by atoms with Gasteiger partial charge in [-0.3, -0.25) is 5.41 Å². The highest BCUT2D eigenvalue weighted by molar-refractivity contribution is 7.88. The molecule has 1 aromatic rings. The second-order valence-corrected chi connectivity index (χ2v) is 6.42. The van der Waals surface area contributed by atoms with E-state index in [1.165, 1.54) is 12.1 Å². The Labute approximate surface area is 112 Å². The fourth-order valence-electron chi connectivity index (χ4n) is 2.08. The van der Waals surface area contributed by atoms with E-state index in [0.717, 1.165) is 11.8 Å². The van der Waals surface area contributed by atoms with Crippen molar-refractivity contribution in [2.24, 2.45) is 0 Å². The quantitative estimate of drug-likeness (QED) is 0.790. The summed E-state index contributed by atoms with van der Waals surface area (Å²) in [6.45, 7) is 1.48. The lowest BCUT2D eigenvalue weighted by Crippen LogP contribution is -2.29. The molecule has 104 valence electrons. The standard InChI is InChI=1S/C12H16FN3O2S/c1-19(17,18)15-5-2-6-16-8-9-3-4-10(13)7-11(9)12(16)14/h3-4,7,14-15H,2,5-6,8H2,1H3. The number of fused-ring (bicyclic) bond motifs is 1. The summed E-state index contributed by atoms with van der Waals surface area (Å²) in [5.41, 5.74) is 1.55. The number of halogens is 1. The number of amidine groups is 1. The van der Waals surface area contributed by atoms with Gasteiger partial charge in [-0.15, -0.1) is 0 Å². The smallest absolute Gasteiger partial charge is 0.208 e. The zero-order chi connectivity index (χ0) is 14.0. The molecule has 1 aromatic carbocycles. The number of rotatable bonds is 5. The Bertz CT molecular complexity index is 601. The highest BCUT2D eigenvalue weighted by atomic mass is 32.2. The third-order valence-electron chi connectivity index (χ3n) is 2.97. The second kappa shape index (κ2) is 5.26. The molecule has 0 aromatic heterocycles. The number of benzene rings is 1. The van der Waals surface area contributed by atoms with E-state index < -0.39 is 10.0 Å². The Morgan fingerprint density at radius 2 is 2.21 bits per heavy atom. The van der Waals surface area contributed by atoms with Gasteiger partial charge in [-0.05, 0) is 24.1 Å². The van der Waals surface area contributed by atoms with E-state index in [1.807, 2.05) is 4.90 Å². The summed E-state index contributed by atoms with van der Waals surface area (Å²) < 4.78 is 37.3. The van der Waals surface area contributed by atoms with Crippen molar-refractivity contribution in [2.75, 3.05) is 19.3 Å². The lowest BCUT2D eigenvalue weighted by atomic mass is 10.1. The molecule has 2 N–H and O–H groups in total. The van der Waals surface area contributed by atoms with Crippen LogP contribution in [-0.4, -0.2) is 38.5 Å². The van der Waals surface area contributed by atoms with Gasteiger partial charge < -0.3 is 4.90 Å². The average molecular weight is 285 g/mol. The van der Waals surface area contributed by atoms with Crippen LogP contribution in [0.5, 0.6) is 0 Å². The Kier molecular flexibility index (Phi) is 3.86. The first-order valence-electron chi connectivity index (χ1n) is 5.94. The predicted molar refractivity (Wildman–Crippen MR) is 71.1 cm³/mol. The van der Waals surface area contributed by atoms with Crippen molar-refractivity contribution in [3.05, 3.63) is 35.1 Å². The highest BCUT2D eigenvalue weighted by Gasteiger charge is 2.23. The Morgan fingerprint density at radius 1 is 1.47 bits per heavy atom. The van der Waals surface area contributed by atoms with Crippen LogP contribution in [0.1, 0.15) is 17.5 Å². The van der Waals surface area contributed by atoms with E-state index in [9.17, 15) is 12.8 Å². The Hall–Kier alpha value is -1.47. The van der Waals surface area contributed by atoms with Gasteiger partial charge in [0.1, 0.15) is 11.7 Å². The maximum absolute atomic E-state index is 13.1. The van der Waals surface area contributed by atoms with E-state index in [4.69, 9.17) is 5.41 Å². The molecule has 0 radical (unpaired) electrons. The van der Waals surface area contributed by atoms with Crippen molar-refractivity contribution in [1.29, 1.82) is 5.41 Å². The summed E-state index contributed by atoms with van der Waals surface area (Å²) in [4.78, 5) is 1.81. The number of sulfonamides is 1. The van der Waals surface area contributed by atoms with Crippen molar-refractivity contribution >= 4 is 15.9 Å². The largest absolute Gasteiger partial charge is 0.352 e. The first kappa shape index (κ1) is 14.0. The van der Waals surface area contributed by atoms with Crippen LogP contribution in [0.25, 0.3) is 0 Å². The second-order valence-electron chi connectivity index (χ2n) is 4.59. The summed E-state index contributed by atoms with van der Waals surface area (Å²) in [7, 11) is -3.16. The molecule has 0 fully saturated rings. The fourth-order valence-corrected chi connectivity index (χ4v) is 2.60. The van der Waals surface area contributed by atoms with Crippen molar-refractivity contribution in [1.82, 2.24) is 9.62 Å². The number of nitrogens with zero attached hydrogens (tertiary/aromatic N) is 1. The van der Waals surface area contributed by atoms with Gasteiger partial charge in [-0.1, -0.05) is 6.07 Å². The van der Waals surface area contributed by atoms with E-state index >= 15 is 0 Å². The predicted octanol–water partition coefficient (Wildman–Crippen LogP) is 0.906. The molecule has 1 aliphatic rings. The molecule has 1 heterocycles. The van der Waals surface area contributed by atoms with Crippen LogP contribution in [0.3, 0.4) is 0 Å². The summed E-state index contributed by atoms with van der Waals surface area (Å²) in [6.07, 6.45) is 1.72. The lowest BCUT2D eigenvalue weighted by molar-refractivity contribution is 0.418. The van der Waals surface area contributed by atoms with Gasteiger partial charge in [0.25, 0.3) is 0 Å². The van der Waals surface area contributed by atoms with Gasteiger partial charge >= 0.3 is 0 Å². The van der Waals surface area contributed by atoms with Crippen molar-refractivity contribution < 1.29 is 12.8 Å². The maximum atomic E-state index is 13.1. The van der Waals surface area contributed by atoms with Crippen LogP contribution < -0.4 is 4.72 Å². The van der Waals surface area contributed by atoms with Gasteiger partial charge in [0.2, 0.25) is 10.0 Å². The SMILES string of the molecule is CS(=O)(=O)NCCCN1Cc2ccc(F)cc2C1=N. The van der Waals surface area contributed by atoms with E-state index in [2.05, 4.69) is 4.72 Å². The minimum atomic E-state index is -3.16. The molecule has 1 aliphatic heterocycles. The van der Waals surface area contributed by atoms with Crippen molar-refractivity contribution in [2.45, 2.75) is 13.0 Å². The molecule has 0 bridgehead atoms. The molecule has 19 heavy (non-hydrogen) atoms. The molecule has 0 aliphatic carbocycles. The van der Waals surface area contributed by atoms with E-state index in [0.29, 0.717) is 37.5 Å². The number of hydrogen-bond donors (Lipinski definition) is 2. The van der Waals surface area contributed by atoms with E-state index in [-0.39, 0.29) is 5.82 Å². The zero-order valence-electron chi connectivity index (χ0n) is 10.6. The van der Waals surface area contributed by atoms with E-state index in [1.54, 1.807) is 6.07 Å². The minimum Gasteiger partial charge on any atom is -0.352 e. The molecule has 0 spiro atoms. The first-order valence-corrected chi connectivity index (χ1v) is 7.83. The third-order valence-corrected chi connectivity index (χ3v) is 3.70. The molecule has 5 nitrogen and oxygen atoms in total. The molecule has 0 atom stereocenters. The molecule has 0 saturated carbocycles. The highest BCUT2D eigenvalue weighted by Crippen LogP contribution is 2.23. The zero-order valence-corrected chi connectivity index (χ0v) is 11.4. The molecule has 0 unspecified atom stereocenters. The fraction of sp³-hybridized carbons (Fsp3) is 0.417. The summed E-state index contributed by atoms with van der Waals surface area (Å²) in [5, 5.41) is 7.96. The molecular weight excluding hydrogens is 269 g/mol. The average Bonchev–Trinajstić information content (AvgIpc) is 2.61. The van der Waals surface area contributed by atoms with Crippen molar-refractivity contribution in [3.63, 3.8) is 0 Å². The Morgan fingerprint density at radius 3 is 2.89 bits per heavy atom. The topological polar surface area (TPSA) is 73.3 Å². The first-order chi connectivity index (χ1) is 8.87. The van der Waals surface area contributed by atoms with Crippen molar-refractivity contribution in [3.8, 4) is 0 Å². The number of hydrogen-bond acceptors (Lipinski definition) is 3. The van der Waals surface area contributed by atoms with Gasteiger partial charge in [0.15, 0.2) is 0 Å². The third kappa shape index (κ3) is 3.51. The summed E-state index contributed by atoms with van der Waals surface area (Å²) in [5.74, 6) is -0.0436. The molecular formula is C12H16FN3O2S. The van der Waals surface area contributed by atoms with Gasteiger partial charge in [-0.25, -0.2) is 17.5 Å². The number of nitrogens with one attached hydrogen (secondary N) is 2. The van der Waals surface area contributed by atoms with Crippen LogP contribution in [0, 0.1) is 11.2 Å². The van der Waals surface area contributed by atoms with Gasteiger partial charge in [0, 0.05) is 25.2 Å². The van der Waals surface area contributed by atoms with Gasteiger partial charge in [0.05, 0.1) is 6.26 Å². The van der Waals surface area contributed by atoms with Crippen LogP contribution >= 0.6 is 0 Å².